The third-order valence-corrected chi connectivity index (χ3v) is 4.66. The summed E-state index contributed by atoms with van der Waals surface area (Å²) in [6.07, 6.45) is 6.06. The van der Waals surface area contributed by atoms with Gasteiger partial charge in [0, 0.05) is 25.4 Å². The van der Waals surface area contributed by atoms with Crippen molar-refractivity contribution in [1.82, 2.24) is 29.9 Å². The first kappa shape index (κ1) is 16.7. The smallest absolute Gasteiger partial charge is 0.229 e. The molecule has 3 aromatic heterocycles. The first-order valence-electron chi connectivity index (χ1n) is 9.12. The summed E-state index contributed by atoms with van der Waals surface area (Å²) in [7, 11) is 1.87. The van der Waals surface area contributed by atoms with E-state index in [1.807, 2.05) is 13.2 Å². The topological polar surface area (TPSA) is 106 Å². The van der Waals surface area contributed by atoms with Crippen LogP contribution >= 0.6 is 0 Å². The van der Waals surface area contributed by atoms with E-state index in [4.69, 9.17) is 9.72 Å². The molecule has 1 fully saturated rings. The van der Waals surface area contributed by atoms with Gasteiger partial charge in [-0.05, 0) is 17.7 Å². The molecule has 1 aliphatic rings. The molecule has 0 amide bonds. The summed E-state index contributed by atoms with van der Waals surface area (Å²) in [6.45, 7) is 1.52. The first-order chi connectivity index (χ1) is 13.7. The predicted octanol–water partition coefficient (Wildman–Crippen LogP) is 2.23. The van der Waals surface area contributed by atoms with Crippen LogP contribution in [0.25, 0.3) is 11.0 Å². The number of nitrogens with zero attached hydrogens (tertiary/aromatic N) is 5. The molecule has 142 valence electrons. The summed E-state index contributed by atoms with van der Waals surface area (Å²) < 4.78 is 6.96. The molecule has 5 rings (SSSR count). The van der Waals surface area contributed by atoms with Gasteiger partial charge in [0.2, 0.25) is 5.95 Å². The van der Waals surface area contributed by atoms with Gasteiger partial charge in [0.05, 0.1) is 48.4 Å². The van der Waals surface area contributed by atoms with Gasteiger partial charge in [-0.2, -0.15) is 15.2 Å². The molecule has 3 N–H and O–H groups in total. The van der Waals surface area contributed by atoms with Crippen molar-refractivity contribution in [2.45, 2.75) is 12.5 Å². The lowest BCUT2D eigenvalue weighted by atomic mass is 10.1. The fraction of sp³-hybridized carbons (Fsp3) is 0.263. The molecule has 0 unspecified atom stereocenters. The van der Waals surface area contributed by atoms with E-state index in [0.29, 0.717) is 24.1 Å². The van der Waals surface area contributed by atoms with Crippen molar-refractivity contribution in [2.75, 3.05) is 23.8 Å². The van der Waals surface area contributed by atoms with E-state index in [-0.39, 0.29) is 0 Å². The maximum atomic E-state index is 5.23. The standard InChI is InChI=1S/C19H20N8O/c1-27-9-14(7-21-27)23-19-24-17(16-8-20-26-18(16)25-19)6-12-3-2-4-13(5-12)22-15-10-28-11-15/h2-5,7-9,15,22H,6,10-11H2,1H3,(H2,20,23,24,25,26). The van der Waals surface area contributed by atoms with Gasteiger partial charge in [-0.3, -0.25) is 9.78 Å². The van der Waals surface area contributed by atoms with E-state index in [1.165, 1.54) is 5.56 Å². The molecular formula is C19H20N8O. The molecule has 4 aromatic rings. The minimum Gasteiger partial charge on any atom is -0.378 e. The van der Waals surface area contributed by atoms with Crippen molar-refractivity contribution in [3.63, 3.8) is 0 Å². The number of H-pyrrole nitrogens is 1. The Balaban J connectivity index is 1.43. The number of benzene rings is 1. The van der Waals surface area contributed by atoms with E-state index in [1.54, 1.807) is 17.1 Å². The number of aryl methyl sites for hydroxylation is 1. The van der Waals surface area contributed by atoms with Crippen molar-refractivity contribution in [2.24, 2.45) is 7.05 Å². The number of nitrogens with one attached hydrogen (secondary N) is 3. The van der Waals surface area contributed by atoms with Gasteiger partial charge in [-0.1, -0.05) is 12.1 Å². The second-order valence-electron chi connectivity index (χ2n) is 6.91. The molecule has 1 saturated heterocycles. The number of anilines is 3. The van der Waals surface area contributed by atoms with Gasteiger partial charge in [0.25, 0.3) is 0 Å². The van der Waals surface area contributed by atoms with Crippen molar-refractivity contribution in [3.8, 4) is 0 Å². The largest absolute Gasteiger partial charge is 0.378 e. The highest BCUT2D eigenvalue weighted by molar-refractivity contribution is 5.78. The van der Waals surface area contributed by atoms with Gasteiger partial charge in [-0.25, -0.2) is 4.98 Å². The van der Waals surface area contributed by atoms with Gasteiger partial charge in [0.1, 0.15) is 0 Å². The second-order valence-corrected chi connectivity index (χ2v) is 6.91. The lowest BCUT2D eigenvalue weighted by molar-refractivity contribution is 0.0211. The van der Waals surface area contributed by atoms with Gasteiger partial charge >= 0.3 is 0 Å². The summed E-state index contributed by atoms with van der Waals surface area (Å²) >= 11 is 0. The van der Waals surface area contributed by atoms with Crippen molar-refractivity contribution < 1.29 is 4.74 Å². The molecule has 9 heteroatoms. The average molecular weight is 376 g/mol. The van der Waals surface area contributed by atoms with Crippen LogP contribution in [0.1, 0.15) is 11.3 Å². The highest BCUT2D eigenvalue weighted by Gasteiger charge is 2.18. The van der Waals surface area contributed by atoms with Crippen LogP contribution in [-0.2, 0) is 18.2 Å². The normalized spacial score (nSPS) is 14.2. The Morgan fingerprint density at radius 1 is 1.21 bits per heavy atom. The second kappa shape index (κ2) is 6.93. The van der Waals surface area contributed by atoms with E-state index < -0.39 is 0 Å². The Hall–Kier alpha value is -3.46. The Kier molecular flexibility index (Phi) is 4.13. The molecule has 28 heavy (non-hydrogen) atoms. The fourth-order valence-corrected chi connectivity index (χ4v) is 3.22. The fourth-order valence-electron chi connectivity index (χ4n) is 3.22. The van der Waals surface area contributed by atoms with E-state index in [0.717, 1.165) is 35.7 Å². The Morgan fingerprint density at radius 2 is 2.14 bits per heavy atom. The van der Waals surface area contributed by atoms with E-state index >= 15 is 0 Å². The lowest BCUT2D eigenvalue weighted by Crippen LogP contribution is -2.40. The number of hydrogen-bond donors (Lipinski definition) is 3. The molecule has 0 radical (unpaired) electrons. The summed E-state index contributed by atoms with van der Waals surface area (Å²) in [5.41, 5.74) is 4.71. The van der Waals surface area contributed by atoms with Crippen LogP contribution in [0.2, 0.25) is 0 Å². The Morgan fingerprint density at radius 3 is 2.93 bits per heavy atom. The van der Waals surface area contributed by atoms with Gasteiger partial charge < -0.3 is 15.4 Å². The monoisotopic (exact) mass is 376 g/mol. The summed E-state index contributed by atoms with van der Waals surface area (Å²) in [6, 6.07) is 8.78. The zero-order valence-corrected chi connectivity index (χ0v) is 15.4. The van der Waals surface area contributed by atoms with Crippen LogP contribution in [0.4, 0.5) is 17.3 Å². The Labute approximate surface area is 161 Å². The van der Waals surface area contributed by atoms with Crippen molar-refractivity contribution in [3.05, 3.63) is 54.1 Å². The maximum Gasteiger partial charge on any atom is 0.229 e. The van der Waals surface area contributed by atoms with Crippen LogP contribution < -0.4 is 10.6 Å². The predicted molar refractivity (Wildman–Crippen MR) is 106 cm³/mol. The van der Waals surface area contributed by atoms with Crippen LogP contribution in [0, 0.1) is 0 Å². The molecular weight excluding hydrogens is 356 g/mol. The number of aromatic amines is 1. The van der Waals surface area contributed by atoms with Gasteiger partial charge in [0.15, 0.2) is 5.65 Å². The summed E-state index contributed by atoms with van der Waals surface area (Å²) in [5.74, 6) is 0.514. The third kappa shape index (κ3) is 3.39. The number of aromatic nitrogens is 6. The minimum atomic E-state index is 0.394. The molecule has 1 aliphatic heterocycles. The highest BCUT2D eigenvalue weighted by Crippen LogP contribution is 2.22. The van der Waals surface area contributed by atoms with Crippen LogP contribution in [0.5, 0.6) is 0 Å². The summed E-state index contributed by atoms with van der Waals surface area (Å²) in [5, 5.41) is 18.8. The molecule has 9 nitrogen and oxygen atoms in total. The quantitative estimate of drug-likeness (QED) is 0.474. The zero-order chi connectivity index (χ0) is 18.9. The maximum absolute atomic E-state index is 5.23. The van der Waals surface area contributed by atoms with Crippen molar-refractivity contribution in [1.29, 1.82) is 0 Å². The number of rotatable bonds is 6. The van der Waals surface area contributed by atoms with Crippen LogP contribution in [0.3, 0.4) is 0 Å². The third-order valence-electron chi connectivity index (χ3n) is 4.66. The van der Waals surface area contributed by atoms with E-state index in [2.05, 4.69) is 55.2 Å². The van der Waals surface area contributed by atoms with E-state index in [9.17, 15) is 0 Å². The van der Waals surface area contributed by atoms with Crippen molar-refractivity contribution >= 4 is 28.4 Å². The molecule has 0 spiro atoms. The molecule has 0 aliphatic carbocycles. The number of fused-ring (bicyclic) bond motifs is 1. The summed E-state index contributed by atoms with van der Waals surface area (Å²) in [4.78, 5) is 9.25. The SMILES string of the molecule is Cn1cc(Nc2nc(Cc3cccc(NC4COC4)c3)c3cn[nH]c3n2)cn1. The molecule has 0 bridgehead atoms. The lowest BCUT2D eigenvalue weighted by Gasteiger charge is -2.28. The molecule has 0 atom stereocenters. The van der Waals surface area contributed by atoms with Crippen LogP contribution in [-0.4, -0.2) is 49.2 Å². The van der Waals surface area contributed by atoms with Gasteiger partial charge in [-0.15, -0.1) is 0 Å². The highest BCUT2D eigenvalue weighted by atomic mass is 16.5. The average Bonchev–Trinajstić information content (AvgIpc) is 3.28. The first-order valence-corrected chi connectivity index (χ1v) is 9.12. The number of hydrogen-bond acceptors (Lipinski definition) is 7. The zero-order valence-electron chi connectivity index (χ0n) is 15.4. The van der Waals surface area contributed by atoms with Crippen LogP contribution in [0.15, 0.2) is 42.9 Å². The molecule has 0 saturated carbocycles. The number of ether oxygens (including phenoxy) is 1. The molecule has 1 aromatic carbocycles. The Bertz CT molecular complexity index is 1110. The minimum absolute atomic E-state index is 0.394. The molecule has 4 heterocycles.